The van der Waals surface area contributed by atoms with Gasteiger partial charge in [0, 0.05) is 47.5 Å². The largest absolute Gasteiger partial charge is 0.342 e. The second-order valence-electron chi connectivity index (χ2n) is 8.20. The Hall–Kier alpha value is -3.41. The molecule has 0 amide bonds. The van der Waals surface area contributed by atoms with Crippen LogP contribution in [0.5, 0.6) is 0 Å². The molecule has 1 aliphatic rings. The Labute approximate surface area is 178 Å². The minimum absolute atomic E-state index is 0.0709. The van der Waals surface area contributed by atoms with Crippen molar-refractivity contribution < 1.29 is 8.78 Å². The number of nitrogens with zero attached hydrogens (tertiary/aromatic N) is 3. The molecule has 3 heterocycles. The molecule has 0 aliphatic heterocycles. The van der Waals surface area contributed by atoms with Crippen molar-refractivity contribution in [2.75, 3.05) is 0 Å². The smallest absolute Gasteiger partial charge is 0.193 e. The Bertz CT molecular complexity index is 1360. The van der Waals surface area contributed by atoms with Gasteiger partial charge in [0.15, 0.2) is 11.2 Å². The van der Waals surface area contributed by atoms with Gasteiger partial charge in [0.05, 0.1) is 16.5 Å². The summed E-state index contributed by atoms with van der Waals surface area (Å²) in [7, 11) is 0. The van der Waals surface area contributed by atoms with Crippen molar-refractivity contribution >= 4 is 10.9 Å². The highest BCUT2D eigenvalue weighted by Gasteiger charge is 2.29. The van der Waals surface area contributed by atoms with Crippen molar-refractivity contribution in [2.45, 2.75) is 39.2 Å². The maximum Gasteiger partial charge on any atom is 0.193 e. The molecule has 4 aromatic rings. The number of hydrogen-bond donors (Lipinski definition) is 0. The predicted octanol–water partition coefficient (Wildman–Crippen LogP) is 5.28. The van der Waals surface area contributed by atoms with Gasteiger partial charge in [-0.1, -0.05) is 6.07 Å². The summed E-state index contributed by atoms with van der Waals surface area (Å²) < 4.78 is 32.8. The first-order chi connectivity index (χ1) is 14.9. The average Bonchev–Trinajstić information content (AvgIpc) is 3.56. The number of rotatable bonds is 4. The van der Waals surface area contributed by atoms with E-state index in [1.54, 1.807) is 44.4 Å². The lowest BCUT2D eigenvalue weighted by molar-refractivity contribution is 0.589. The Morgan fingerprint density at radius 2 is 1.84 bits per heavy atom. The van der Waals surface area contributed by atoms with Crippen LogP contribution in [0.4, 0.5) is 8.78 Å². The fourth-order valence-corrected chi connectivity index (χ4v) is 4.21. The molecule has 31 heavy (non-hydrogen) atoms. The van der Waals surface area contributed by atoms with Crippen LogP contribution in [0.2, 0.25) is 0 Å². The van der Waals surface area contributed by atoms with Crippen molar-refractivity contribution in [1.82, 2.24) is 14.5 Å². The molecule has 0 bridgehead atoms. The Kier molecular flexibility index (Phi) is 4.65. The van der Waals surface area contributed by atoms with E-state index < -0.39 is 11.6 Å². The molecule has 1 aromatic carbocycles. The molecule has 4 nitrogen and oxygen atoms in total. The maximum atomic E-state index is 15.8. The second-order valence-corrected chi connectivity index (χ2v) is 8.20. The van der Waals surface area contributed by atoms with Gasteiger partial charge in [-0.05, 0) is 62.6 Å². The SMILES string of the molecule is Cc1cc(-c2c(F)cc3c(=O)c(Cc4ccccn4)cn(C4CC4)c3c2F)cc(C)n1. The fourth-order valence-electron chi connectivity index (χ4n) is 4.21. The molecule has 0 radical (unpaired) electrons. The van der Waals surface area contributed by atoms with Crippen LogP contribution in [0.1, 0.15) is 41.5 Å². The van der Waals surface area contributed by atoms with Crippen LogP contribution < -0.4 is 5.43 Å². The summed E-state index contributed by atoms with van der Waals surface area (Å²) in [6, 6.07) is 10.1. The fraction of sp³-hybridized carbons (Fsp3) is 0.240. The van der Waals surface area contributed by atoms with Gasteiger partial charge in [-0.15, -0.1) is 0 Å². The van der Waals surface area contributed by atoms with Gasteiger partial charge in [0.1, 0.15) is 5.82 Å². The highest BCUT2D eigenvalue weighted by atomic mass is 19.1. The molecule has 0 N–H and O–H groups in total. The molecule has 0 atom stereocenters. The highest BCUT2D eigenvalue weighted by Crippen LogP contribution is 2.40. The van der Waals surface area contributed by atoms with E-state index in [0.717, 1.165) is 18.5 Å². The summed E-state index contributed by atoms with van der Waals surface area (Å²) >= 11 is 0. The molecule has 3 aromatic heterocycles. The summed E-state index contributed by atoms with van der Waals surface area (Å²) in [4.78, 5) is 21.8. The van der Waals surface area contributed by atoms with E-state index in [4.69, 9.17) is 0 Å². The minimum Gasteiger partial charge on any atom is -0.342 e. The molecule has 1 saturated carbocycles. The molecule has 0 unspecified atom stereocenters. The van der Waals surface area contributed by atoms with Gasteiger partial charge >= 0.3 is 0 Å². The first-order valence-electron chi connectivity index (χ1n) is 10.3. The Balaban J connectivity index is 1.77. The molecular formula is C25H21F2N3O. The lowest BCUT2D eigenvalue weighted by Gasteiger charge is -2.16. The van der Waals surface area contributed by atoms with E-state index in [2.05, 4.69) is 9.97 Å². The number of hydrogen-bond acceptors (Lipinski definition) is 3. The van der Waals surface area contributed by atoms with Crippen molar-refractivity contribution in [2.24, 2.45) is 0 Å². The van der Waals surface area contributed by atoms with E-state index in [9.17, 15) is 4.79 Å². The number of halogens is 2. The van der Waals surface area contributed by atoms with Crippen molar-refractivity contribution in [1.29, 1.82) is 0 Å². The summed E-state index contributed by atoms with van der Waals surface area (Å²) in [6.45, 7) is 3.58. The van der Waals surface area contributed by atoms with Crippen LogP contribution >= 0.6 is 0 Å². The van der Waals surface area contributed by atoms with Crippen LogP contribution in [0, 0.1) is 25.5 Å². The normalized spacial score (nSPS) is 13.7. The highest BCUT2D eigenvalue weighted by molar-refractivity contribution is 5.87. The summed E-state index contributed by atoms with van der Waals surface area (Å²) in [5.74, 6) is -1.45. The number of pyridine rings is 3. The van der Waals surface area contributed by atoms with Gasteiger partial charge in [0.2, 0.25) is 0 Å². The molecule has 156 valence electrons. The van der Waals surface area contributed by atoms with Crippen LogP contribution in [0.3, 0.4) is 0 Å². The van der Waals surface area contributed by atoms with Crippen molar-refractivity contribution in [3.8, 4) is 11.1 Å². The third-order valence-electron chi connectivity index (χ3n) is 5.69. The molecular weight excluding hydrogens is 396 g/mol. The van der Waals surface area contributed by atoms with E-state index in [0.29, 0.717) is 28.9 Å². The van der Waals surface area contributed by atoms with Crippen LogP contribution in [0.15, 0.2) is 53.6 Å². The van der Waals surface area contributed by atoms with Crippen molar-refractivity contribution in [3.63, 3.8) is 0 Å². The summed E-state index contributed by atoms with van der Waals surface area (Å²) in [5, 5.41) is 0.0709. The van der Waals surface area contributed by atoms with Crippen LogP contribution in [0.25, 0.3) is 22.0 Å². The zero-order chi connectivity index (χ0) is 21.7. The van der Waals surface area contributed by atoms with Gasteiger partial charge < -0.3 is 4.57 Å². The van der Waals surface area contributed by atoms with E-state index in [-0.39, 0.29) is 27.9 Å². The third kappa shape index (κ3) is 3.52. The summed E-state index contributed by atoms with van der Waals surface area (Å²) in [5.41, 5.74) is 2.70. The molecule has 5 rings (SSSR count). The number of benzene rings is 1. The van der Waals surface area contributed by atoms with Crippen LogP contribution in [-0.4, -0.2) is 14.5 Å². The lowest BCUT2D eigenvalue weighted by Crippen LogP contribution is -2.17. The van der Waals surface area contributed by atoms with Gasteiger partial charge in [0.25, 0.3) is 0 Å². The molecule has 0 spiro atoms. The van der Waals surface area contributed by atoms with Gasteiger partial charge in [-0.3, -0.25) is 14.8 Å². The topological polar surface area (TPSA) is 47.8 Å². The first kappa shape index (κ1) is 19.5. The van der Waals surface area contributed by atoms with E-state index >= 15 is 8.78 Å². The third-order valence-corrected chi connectivity index (χ3v) is 5.69. The standard InChI is InChI=1S/C25H21F2N3O/c1-14-9-16(10-15(2)29-14)22-21(26)12-20-24(23(22)27)30(19-6-7-19)13-17(25(20)31)11-18-5-3-4-8-28-18/h3-5,8-10,12-13,19H,6-7,11H2,1-2H3. The van der Waals surface area contributed by atoms with Crippen molar-refractivity contribution in [3.05, 3.63) is 93.3 Å². The van der Waals surface area contributed by atoms with Gasteiger partial charge in [-0.2, -0.15) is 0 Å². The average molecular weight is 417 g/mol. The Morgan fingerprint density at radius 1 is 1.10 bits per heavy atom. The zero-order valence-electron chi connectivity index (χ0n) is 17.3. The maximum absolute atomic E-state index is 15.8. The predicted molar refractivity (Wildman–Crippen MR) is 116 cm³/mol. The first-order valence-corrected chi connectivity index (χ1v) is 10.3. The monoisotopic (exact) mass is 417 g/mol. The zero-order valence-corrected chi connectivity index (χ0v) is 17.3. The quantitative estimate of drug-likeness (QED) is 0.454. The van der Waals surface area contributed by atoms with Gasteiger partial charge in [-0.25, -0.2) is 8.78 Å². The number of aryl methyl sites for hydroxylation is 2. The van der Waals surface area contributed by atoms with Crippen LogP contribution in [-0.2, 0) is 6.42 Å². The molecule has 1 fully saturated rings. The molecule has 0 saturated heterocycles. The Morgan fingerprint density at radius 3 is 2.48 bits per heavy atom. The number of fused-ring (bicyclic) bond motifs is 1. The molecule has 1 aliphatic carbocycles. The molecule has 6 heteroatoms. The number of aromatic nitrogens is 3. The van der Waals surface area contributed by atoms with E-state index in [1.165, 1.54) is 6.07 Å². The van der Waals surface area contributed by atoms with E-state index in [1.807, 2.05) is 16.7 Å². The minimum atomic E-state index is -0.746. The second kappa shape index (κ2) is 7.38. The summed E-state index contributed by atoms with van der Waals surface area (Å²) in [6.07, 6.45) is 5.52. The lowest BCUT2D eigenvalue weighted by atomic mass is 9.99.